The highest BCUT2D eigenvalue weighted by molar-refractivity contribution is 6.05. The van der Waals surface area contributed by atoms with Crippen molar-refractivity contribution in [3.05, 3.63) is 113 Å². The number of allylic oxidation sites excluding steroid dienone is 1. The predicted octanol–water partition coefficient (Wildman–Crippen LogP) is 6.07. The Morgan fingerprint density at radius 2 is 1.78 bits per heavy atom. The van der Waals surface area contributed by atoms with Gasteiger partial charge in [0, 0.05) is 17.2 Å². The molecule has 2 N–H and O–H groups in total. The van der Waals surface area contributed by atoms with E-state index in [4.69, 9.17) is 19.9 Å². The summed E-state index contributed by atoms with van der Waals surface area (Å²) in [6.07, 6.45) is 0.854. The number of fused-ring (bicyclic) bond motifs is 2. The van der Waals surface area contributed by atoms with Crippen LogP contribution in [0.15, 0.2) is 96.4 Å². The smallest absolute Gasteiger partial charge is 0.344 e. The molecule has 0 amide bonds. The second-order valence-corrected chi connectivity index (χ2v) is 8.43. The zero-order chi connectivity index (χ0) is 25.1. The van der Waals surface area contributed by atoms with Gasteiger partial charge in [0.2, 0.25) is 5.88 Å². The van der Waals surface area contributed by atoms with E-state index in [-0.39, 0.29) is 5.88 Å². The van der Waals surface area contributed by atoms with E-state index >= 15 is 0 Å². The van der Waals surface area contributed by atoms with Crippen molar-refractivity contribution < 1.29 is 19.0 Å². The first-order valence-electron chi connectivity index (χ1n) is 11.7. The van der Waals surface area contributed by atoms with Crippen LogP contribution in [-0.4, -0.2) is 12.6 Å². The number of carbonyl (C=O) groups is 1. The van der Waals surface area contributed by atoms with Crippen LogP contribution in [0, 0.1) is 11.3 Å². The molecule has 0 aromatic heterocycles. The topological polar surface area (TPSA) is 94.6 Å². The number of nitriles is 1. The van der Waals surface area contributed by atoms with Crippen LogP contribution in [0.1, 0.15) is 40.7 Å². The summed E-state index contributed by atoms with van der Waals surface area (Å²) in [4.78, 5) is 13.0. The van der Waals surface area contributed by atoms with Gasteiger partial charge in [-0.1, -0.05) is 67.6 Å². The van der Waals surface area contributed by atoms with Crippen molar-refractivity contribution in [1.29, 1.82) is 5.26 Å². The van der Waals surface area contributed by atoms with E-state index in [0.29, 0.717) is 35.0 Å². The normalized spacial score (nSPS) is 14.5. The molecule has 4 aromatic rings. The van der Waals surface area contributed by atoms with Gasteiger partial charge in [-0.2, -0.15) is 5.26 Å². The molecule has 0 spiro atoms. The average molecular weight is 477 g/mol. The molecule has 1 unspecified atom stereocenters. The standard InChI is InChI=1S/C30H24N2O4/c1-2-16-34-26-13-6-5-11-23(26)28-24-15-14-20(17-27(24)36-29(32)25(28)18-31)35-30(33)22-12-7-9-19-8-3-4-10-21(19)22/h3-15,17,28H,2,16,32H2,1H3. The fourth-order valence-corrected chi connectivity index (χ4v) is 4.45. The molecule has 5 rings (SSSR count). The van der Waals surface area contributed by atoms with Crippen molar-refractivity contribution in [2.24, 2.45) is 5.73 Å². The maximum absolute atomic E-state index is 13.0. The first-order chi connectivity index (χ1) is 17.6. The monoisotopic (exact) mass is 476 g/mol. The van der Waals surface area contributed by atoms with Crippen LogP contribution in [-0.2, 0) is 0 Å². The van der Waals surface area contributed by atoms with Crippen LogP contribution < -0.4 is 19.9 Å². The van der Waals surface area contributed by atoms with Gasteiger partial charge in [-0.3, -0.25) is 0 Å². The third-order valence-electron chi connectivity index (χ3n) is 6.10. The van der Waals surface area contributed by atoms with Crippen molar-refractivity contribution in [2.45, 2.75) is 19.3 Å². The van der Waals surface area contributed by atoms with Crippen LogP contribution >= 0.6 is 0 Å². The second-order valence-electron chi connectivity index (χ2n) is 8.43. The van der Waals surface area contributed by atoms with E-state index in [2.05, 4.69) is 6.07 Å². The Labute approximate surface area is 209 Å². The Kier molecular flexibility index (Phi) is 6.29. The van der Waals surface area contributed by atoms with Gasteiger partial charge in [-0.05, 0) is 35.4 Å². The van der Waals surface area contributed by atoms with Crippen molar-refractivity contribution >= 4 is 16.7 Å². The molecular weight excluding hydrogens is 452 g/mol. The molecule has 178 valence electrons. The van der Waals surface area contributed by atoms with Gasteiger partial charge in [-0.25, -0.2) is 4.79 Å². The number of hydrogen-bond donors (Lipinski definition) is 1. The Balaban J connectivity index is 1.51. The Bertz CT molecular complexity index is 1530. The maximum Gasteiger partial charge on any atom is 0.344 e. The highest BCUT2D eigenvalue weighted by Gasteiger charge is 2.33. The molecule has 0 saturated carbocycles. The predicted molar refractivity (Wildman–Crippen MR) is 137 cm³/mol. The van der Waals surface area contributed by atoms with E-state index in [1.807, 2.05) is 67.6 Å². The lowest BCUT2D eigenvalue weighted by molar-refractivity contribution is 0.0736. The maximum atomic E-state index is 13.0. The lowest BCUT2D eigenvalue weighted by atomic mass is 9.83. The minimum Gasteiger partial charge on any atom is -0.493 e. The van der Waals surface area contributed by atoms with E-state index in [0.717, 1.165) is 28.3 Å². The summed E-state index contributed by atoms with van der Waals surface area (Å²) in [6, 6.07) is 28.1. The van der Waals surface area contributed by atoms with E-state index in [1.165, 1.54) is 0 Å². The summed E-state index contributed by atoms with van der Waals surface area (Å²) in [5, 5.41) is 11.7. The number of carbonyl (C=O) groups excluding carboxylic acids is 1. The Morgan fingerprint density at radius 1 is 1.00 bits per heavy atom. The summed E-state index contributed by atoms with van der Waals surface area (Å²) < 4.78 is 17.5. The molecule has 0 bridgehead atoms. The zero-order valence-electron chi connectivity index (χ0n) is 19.7. The number of rotatable bonds is 6. The molecule has 4 aromatic carbocycles. The molecule has 6 nitrogen and oxygen atoms in total. The molecule has 36 heavy (non-hydrogen) atoms. The summed E-state index contributed by atoms with van der Waals surface area (Å²) in [6.45, 7) is 2.59. The van der Waals surface area contributed by atoms with Crippen molar-refractivity contribution in [3.63, 3.8) is 0 Å². The lowest BCUT2D eigenvalue weighted by Crippen LogP contribution is -2.21. The summed E-state index contributed by atoms with van der Waals surface area (Å²) in [5.74, 6) is 0.481. The van der Waals surface area contributed by atoms with Gasteiger partial charge in [0.1, 0.15) is 28.9 Å². The summed E-state index contributed by atoms with van der Waals surface area (Å²) in [7, 11) is 0. The SMILES string of the molecule is CCCOc1ccccc1C1C(C#N)=C(N)Oc2cc(OC(=O)c3cccc4ccccc34)ccc21. The lowest BCUT2D eigenvalue weighted by Gasteiger charge is -2.28. The van der Waals surface area contributed by atoms with Crippen LogP contribution in [0.2, 0.25) is 0 Å². The quantitative estimate of drug-likeness (QED) is 0.268. The van der Waals surface area contributed by atoms with Crippen molar-refractivity contribution in [1.82, 2.24) is 0 Å². The molecule has 0 fully saturated rings. The number of nitrogens with zero attached hydrogens (tertiary/aromatic N) is 1. The van der Waals surface area contributed by atoms with Crippen molar-refractivity contribution in [2.75, 3.05) is 6.61 Å². The number of nitrogens with two attached hydrogens (primary N) is 1. The number of esters is 1. The Morgan fingerprint density at radius 3 is 2.61 bits per heavy atom. The zero-order valence-corrected chi connectivity index (χ0v) is 19.7. The van der Waals surface area contributed by atoms with Gasteiger partial charge in [0.15, 0.2) is 0 Å². The molecule has 1 aliphatic rings. The molecule has 1 atom stereocenters. The molecule has 0 radical (unpaired) electrons. The summed E-state index contributed by atoms with van der Waals surface area (Å²) in [5.41, 5.74) is 8.49. The van der Waals surface area contributed by atoms with E-state index < -0.39 is 11.9 Å². The largest absolute Gasteiger partial charge is 0.493 e. The third-order valence-corrected chi connectivity index (χ3v) is 6.10. The van der Waals surface area contributed by atoms with Gasteiger partial charge in [0.05, 0.1) is 18.1 Å². The molecule has 6 heteroatoms. The molecule has 1 heterocycles. The third kappa shape index (κ3) is 4.23. The van der Waals surface area contributed by atoms with Gasteiger partial charge in [-0.15, -0.1) is 0 Å². The molecule has 1 aliphatic heterocycles. The molecular formula is C30H24N2O4. The minimum atomic E-state index is -0.477. The fraction of sp³-hybridized carbons (Fsp3) is 0.133. The van der Waals surface area contributed by atoms with Gasteiger partial charge < -0.3 is 19.9 Å². The number of para-hydroxylation sites is 1. The van der Waals surface area contributed by atoms with Gasteiger partial charge in [0.25, 0.3) is 0 Å². The number of benzene rings is 4. The van der Waals surface area contributed by atoms with Crippen LogP contribution in [0.3, 0.4) is 0 Å². The summed E-state index contributed by atoms with van der Waals surface area (Å²) >= 11 is 0. The number of hydrogen-bond acceptors (Lipinski definition) is 6. The van der Waals surface area contributed by atoms with Crippen LogP contribution in [0.4, 0.5) is 0 Å². The molecule has 0 saturated heterocycles. The number of ether oxygens (including phenoxy) is 3. The van der Waals surface area contributed by atoms with E-state index in [1.54, 1.807) is 24.3 Å². The Hall–Kier alpha value is -4.76. The highest BCUT2D eigenvalue weighted by atomic mass is 16.5. The minimum absolute atomic E-state index is 0.0119. The van der Waals surface area contributed by atoms with Crippen LogP contribution in [0.25, 0.3) is 10.8 Å². The van der Waals surface area contributed by atoms with Crippen LogP contribution in [0.5, 0.6) is 17.2 Å². The second kappa shape index (κ2) is 9.85. The average Bonchev–Trinajstić information content (AvgIpc) is 2.91. The first kappa shape index (κ1) is 23.0. The van der Waals surface area contributed by atoms with Gasteiger partial charge >= 0.3 is 5.97 Å². The fourth-order valence-electron chi connectivity index (χ4n) is 4.45. The molecule has 0 aliphatic carbocycles. The van der Waals surface area contributed by atoms with Crippen molar-refractivity contribution in [3.8, 4) is 23.3 Å². The highest BCUT2D eigenvalue weighted by Crippen LogP contribution is 2.46. The first-order valence-corrected chi connectivity index (χ1v) is 11.7. The van der Waals surface area contributed by atoms with E-state index in [9.17, 15) is 10.1 Å².